The summed E-state index contributed by atoms with van der Waals surface area (Å²) in [4.78, 5) is 4.42. The molecule has 2 heterocycles. The number of hydrogen-bond donors (Lipinski definition) is 1. The van der Waals surface area contributed by atoms with Gasteiger partial charge in [0.1, 0.15) is 5.01 Å². The molecule has 0 bridgehead atoms. The molecule has 1 atom stereocenters. The van der Waals surface area contributed by atoms with Crippen LogP contribution in [-0.2, 0) is 12.1 Å². The second kappa shape index (κ2) is 5.08. The van der Waals surface area contributed by atoms with Gasteiger partial charge in [0.15, 0.2) is 0 Å². The monoisotopic (exact) mass is 252 g/mol. The van der Waals surface area contributed by atoms with Gasteiger partial charge in [-0.15, -0.1) is 11.3 Å². The summed E-state index contributed by atoms with van der Waals surface area (Å²) in [5, 5.41) is 11.1. The Kier molecular flexibility index (Phi) is 3.74. The first-order valence-corrected chi connectivity index (χ1v) is 7.23. The highest BCUT2D eigenvalue weighted by atomic mass is 32.1. The van der Waals surface area contributed by atoms with Gasteiger partial charge in [-0.25, -0.2) is 4.98 Å². The minimum atomic E-state index is -0.00387. The van der Waals surface area contributed by atoms with Crippen LogP contribution in [0, 0.1) is 0 Å². The molecule has 2 rings (SSSR count). The van der Waals surface area contributed by atoms with Crippen molar-refractivity contribution in [2.75, 3.05) is 0 Å². The fraction of sp³-hybridized carbons (Fsp3) is 0.417. The van der Waals surface area contributed by atoms with Crippen molar-refractivity contribution >= 4 is 22.7 Å². The second-order valence-corrected chi connectivity index (χ2v) is 5.68. The second-order valence-electron chi connectivity index (χ2n) is 4.01. The van der Waals surface area contributed by atoms with E-state index in [1.54, 1.807) is 22.7 Å². The summed E-state index contributed by atoms with van der Waals surface area (Å²) < 4.78 is 0. The smallest absolute Gasteiger partial charge is 0.112 e. The van der Waals surface area contributed by atoms with E-state index in [0.717, 1.165) is 13.0 Å². The lowest BCUT2D eigenvalue weighted by molar-refractivity contribution is 0.350. The molecule has 4 heteroatoms. The van der Waals surface area contributed by atoms with E-state index in [-0.39, 0.29) is 5.54 Å². The molecular weight excluding hydrogens is 236 g/mol. The van der Waals surface area contributed by atoms with Crippen LogP contribution in [0.2, 0.25) is 0 Å². The Morgan fingerprint density at radius 2 is 2.31 bits per heavy atom. The van der Waals surface area contributed by atoms with Crippen molar-refractivity contribution in [1.29, 1.82) is 0 Å². The number of nitrogens with zero attached hydrogens (tertiary/aromatic N) is 1. The Bertz CT molecular complexity index is 408. The molecule has 0 amide bonds. The van der Waals surface area contributed by atoms with Crippen LogP contribution in [0.25, 0.3) is 0 Å². The number of hydrogen-bond acceptors (Lipinski definition) is 4. The SMILES string of the molecule is CCC(C)(NCc1ccsc1)c1nccs1. The van der Waals surface area contributed by atoms with E-state index in [2.05, 4.69) is 41.0 Å². The van der Waals surface area contributed by atoms with Crippen LogP contribution >= 0.6 is 22.7 Å². The maximum absolute atomic E-state index is 4.42. The molecule has 0 aliphatic carbocycles. The van der Waals surface area contributed by atoms with Crippen molar-refractivity contribution in [3.8, 4) is 0 Å². The average molecular weight is 252 g/mol. The molecule has 16 heavy (non-hydrogen) atoms. The van der Waals surface area contributed by atoms with Crippen LogP contribution in [0.3, 0.4) is 0 Å². The zero-order chi connectivity index (χ0) is 11.4. The summed E-state index contributed by atoms with van der Waals surface area (Å²) in [6.07, 6.45) is 2.92. The number of nitrogens with one attached hydrogen (secondary N) is 1. The van der Waals surface area contributed by atoms with E-state index in [9.17, 15) is 0 Å². The van der Waals surface area contributed by atoms with E-state index < -0.39 is 0 Å². The highest BCUT2D eigenvalue weighted by molar-refractivity contribution is 7.09. The first kappa shape index (κ1) is 11.8. The first-order chi connectivity index (χ1) is 7.74. The highest BCUT2D eigenvalue weighted by Crippen LogP contribution is 2.26. The average Bonchev–Trinajstić information content (AvgIpc) is 2.98. The first-order valence-electron chi connectivity index (χ1n) is 5.40. The van der Waals surface area contributed by atoms with Gasteiger partial charge in [0.25, 0.3) is 0 Å². The van der Waals surface area contributed by atoms with Gasteiger partial charge in [0, 0.05) is 18.1 Å². The summed E-state index contributed by atoms with van der Waals surface area (Å²) in [6, 6.07) is 2.16. The van der Waals surface area contributed by atoms with Crippen LogP contribution < -0.4 is 5.32 Å². The summed E-state index contributed by atoms with van der Waals surface area (Å²) >= 11 is 3.46. The predicted octanol–water partition coefficient (Wildman–Crippen LogP) is 3.62. The molecule has 86 valence electrons. The molecule has 0 radical (unpaired) electrons. The van der Waals surface area contributed by atoms with Gasteiger partial charge in [-0.2, -0.15) is 11.3 Å². The molecule has 0 aliphatic heterocycles. The molecular formula is C12H16N2S2. The van der Waals surface area contributed by atoms with Crippen molar-refractivity contribution in [2.24, 2.45) is 0 Å². The predicted molar refractivity (Wildman–Crippen MR) is 70.9 cm³/mol. The minimum Gasteiger partial charge on any atom is -0.301 e. The largest absolute Gasteiger partial charge is 0.301 e. The van der Waals surface area contributed by atoms with Crippen molar-refractivity contribution in [1.82, 2.24) is 10.3 Å². The summed E-state index contributed by atoms with van der Waals surface area (Å²) in [5.41, 5.74) is 1.34. The quantitative estimate of drug-likeness (QED) is 0.879. The van der Waals surface area contributed by atoms with Crippen molar-refractivity contribution < 1.29 is 0 Å². The van der Waals surface area contributed by atoms with Crippen LogP contribution in [0.1, 0.15) is 30.8 Å². The van der Waals surface area contributed by atoms with Crippen molar-refractivity contribution in [2.45, 2.75) is 32.4 Å². The van der Waals surface area contributed by atoms with E-state index in [4.69, 9.17) is 0 Å². The summed E-state index contributed by atoms with van der Waals surface area (Å²) in [7, 11) is 0. The van der Waals surface area contributed by atoms with Gasteiger partial charge < -0.3 is 5.32 Å². The van der Waals surface area contributed by atoms with Crippen LogP contribution in [-0.4, -0.2) is 4.98 Å². The van der Waals surface area contributed by atoms with Gasteiger partial charge in [0.05, 0.1) is 5.54 Å². The molecule has 2 aromatic heterocycles. The Morgan fingerprint density at radius 3 is 2.88 bits per heavy atom. The molecule has 2 nitrogen and oxygen atoms in total. The van der Waals surface area contributed by atoms with Gasteiger partial charge in [-0.3, -0.25) is 0 Å². The van der Waals surface area contributed by atoms with Crippen molar-refractivity contribution in [3.05, 3.63) is 39.0 Å². The molecule has 2 aromatic rings. The standard InChI is InChI=1S/C12H16N2S2/c1-3-12(2,11-13-5-7-16-11)14-8-10-4-6-15-9-10/h4-7,9,14H,3,8H2,1-2H3. The lowest BCUT2D eigenvalue weighted by atomic mass is 9.99. The zero-order valence-electron chi connectivity index (χ0n) is 9.56. The Balaban J connectivity index is 2.05. The fourth-order valence-electron chi connectivity index (χ4n) is 1.54. The van der Waals surface area contributed by atoms with E-state index in [0.29, 0.717) is 0 Å². The Hall–Kier alpha value is -0.710. The molecule has 0 saturated heterocycles. The number of aromatic nitrogens is 1. The van der Waals surface area contributed by atoms with Crippen LogP contribution in [0.4, 0.5) is 0 Å². The molecule has 0 aromatic carbocycles. The van der Waals surface area contributed by atoms with Crippen LogP contribution in [0.5, 0.6) is 0 Å². The number of thiazole rings is 1. The lowest BCUT2D eigenvalue weighted by Crippen LogP contribution is -2.38. The normalized spacial score (nSPS) is 14.9. The minimum absolute atomic E-state index is 0.00387. The zero-order valence-corrected chi connectivity index (χ0v) is 11.2. The molecule has 1 unspecified atom stereocenters. The third-order valence-corrected chi connectivity index (χ3v) is 4.64. The third kappa shape index (κ3) is 2.51. The van der Waals surface area contributed by atoms with Crippen molar-refractivity contribution in [3.63, 3.8) is 0 Å². The van der Waals surface area contributed by atoms with Gasteiger partial charge >= 0.3 is 0 Å². The van der Waals surface area contributed by atoms with E-state index in [1.807, 2.05) is 11.6 Å². The maximum Gasteiger partial charge on any atom is 0.112 e. The van der Waals surface area contributed by atoms with E-state index in [1.165, 1.54) is 10.6 Å². The summed E-state index contributed by atoms with van der Waals surface area (Å²) in [5.74, 6) is 0. The topological polar surface area (TPSA) is 24.9 Å². The maximum atomic E-state index is 4.42. The van der Waals surface area contributed by atoms with Gasteiger partial charge in [-0.05, 0) is 35.7 Å². The molecule has 0 saturated carbocycles. The van der Waals surface area contributed by atoms with Crippen LogP contribution in [0.15, 0.2) is 28.4 Å². The lowest BCUT2D eigenvalue weighted by Gasteiger charge is -2.27. The van der Waals surface area contributed by atoms with Gasteiger partial charge in [-0.1, -0.05) is 6.92 Å². The van der Waals surface area contributed by atoms with E-state index >= 15 is 0 Å². The number of thiophene rings is 1. The van der Waals surface area contributed by atoms with Gasteiger partial charge in [0.2, 0.25) is 0 Å². The summed E-state index contributed by atoms with van der Waals surface area (Å²) in [6.45, 7) is 5.33. The Labute approximate surface area is 104 Å². The third-order valence-electron chi connectivity index (χ3n) is 2.87. The molecule has 0 spiro atoms. The fourth-order valence-corrected chi connectivity index (χ4v) is 3.06. The Morgan fingerprint density at radius 1 is 1.44 bits per heavy atom. The molecule has 0 fully saturated rings. The number of rotatable bonds is 5. The molecule has 1 N–H and O–H groups in total. The highest BCUT2D eigenvalue weighted by Gasteiger charge is 2.26. The molecule has 0 aliphatic rings.